The van der Waals surface area contributed by atoms with Crippen LogP contribution < -0.4 is 10.6 Å². The summed E-state index contributed by atoms with van der Waals surface area (Å²) in [7, 11) is 1.82. The van der Waals surface area contributed by atoms with Crippen LogP contribution in [0.1, 0.15) is 36.9 Å². The molecule has 0 atom stereocenters. The second-order valence-corrected chi connectivity index (χ2v) is 6.45. The molecular weight excluding hydrogens is 423 g/mol. The minimum Gasteiger partial charge on any atom is -0.356 e. The van der Waals surface area contributed by atoms with Crippen molar-refractivity contribution in [1.29, 1.82) is 0 Å². The number of benzene rings is 1. The molecule has 2 N–H and O–H groups in total. The summed E-state index contributed by atoms with van der Waals surface area (Å²) in [5, 5.41) is 6.89. The van der Waals surface area contributed by atoms with Crippen LogP contribution in [0.4, 0.5) is 0 Å². The van der Waals surface area contributed by atoms with Crippen LogP contribution in [0.2, 0.25) is 0 Å². The lowest BCUT2D eigenvalue weighted by Crippen LogP contribution is -2.44. The average molecular weight is 450 g/mol. The number of halogens is 1. The summed E-state index contributed by atoms with van der Waals surface area (Å²) in [6.07, 6.45) is 6.89. The van der Waals surface area contributed by atoms with Gasteiger partial charge in [0.1, 0.15) is 0 Å². The van der Waals surface area contributed by atoms with E-state index >= 15 is 0 Å². The standard InChI is InChI=1S/C20H26N4.HI/c1-21-19(23-15-18-11-5-8-14-22-18)24-16-20(12-6-7-13-20)17-9-3-2-4-10-17;/h2-5,8-11,14H,6-7,12-13,15-16H2,1H3,(H2,21,23,24);1H. The van der Waals surface area contributed by atoms with Crippen molar-refractivity contribution < 1.29 is 0 Å². The molecule has 1 aromatic heterocycles. The summed E-state index contributed by atoms with van der Waals surface area (Å²) >= 11 is 0. The van der Waals surface area contributed by atoms with E-state index in [1.54, 1.807) is 0 Å². The molecule has 1 saturated carbocycles. The van der Waals surface area contributed by atoms with Crippen LogP contribution in [-0.2, 0) is 12.0 Å². The van der Waals surface area contributed by atoms with Crippen LogP contribution in [0.5, 0.6) is 0 Å². The molecule has 0 unspecified atom stereocenters. The molecule has 0 amide bonds. The van der Waals surface area contributed by atoms with Gasteiger partial charge in [0.15, 0.2) is 5.96 Å². The van der Waals surface area contributed by atoms with Crippen molar-refractivity contribution in [2.45, 2.75) is 37.6 Å². The van der Waals surface area contributed by atoms with E-state index in [9.17, 15) is 0 Å². The Morgan fingerprint density at radius 1 is 1.04 bits per heavy atom. The van der Waals surface area contributed by atoms with Crippen molar-refractivity contribution >= 4 is 29.9 Å². The van der Waals surface area contributed by atoms with Crippen molar-refractivity contribution in [3.05, 3.63) is 66.0 Å². The van der Waals surface area contributed by atoms with Crippen molar-refractivity contribution in [1.82, 2.24) is 15.6 Å². The highest BCUT2D eigenvalue weighted by Crippen LogP contribution is 2.40. The second kappa shape index (κ2) is 9.75. The Kier molecular flexibility index (Phi) is 7.68. The first-order valence-corrected chi connectivity index (χ1v) is 8.72. The number of aromatic nitrogens is 1. The Hall–Kier alpha value is -1.63. The fourth-order valence-electron chi connectivity index (χ4n) is 3.56. The number of pyridine rings is 1. The number of hydrogen-bond acceptors (Lipinski definition) is 2. The highest BCUT2D eigenvalue weighted by molar-refractivity contribution is 14.0. The number of guanidine groups is 1. The van der Waals surface area contributed by atoms with E-state index in [1.807, 2.05) is 31.4 Å². The molecule has 0 spiro atoms. The molecule has 4 nitrogen and oxygen atoms in total. The molecule has 1 fully saturated rings. The molecule has 0 radical (unpaired) electrons. The molecule has 0 aliphatic heterocycles. The first-order valence-electron chi connectivity index (χ1n) is 8.72. The lowest BCUT2D eigenvalue weighted by Gasteiger charge is -2.30. The van der Waals surface area contributed by atoms with Crippen molar-refractivity contribution in [3.63, 3.8) is 0 Å². The Labute approximate surface area is 167 Å². The van der Waals surface area contributed by atoms with Crippen LogP contribution in [0.15, 0.2) is 59.7 Å². The fourth-order valence-corrected chi connectivity index (χ4v) is 3.56. The van der Waals surface area contributed by atoms with Gasteiger partial charge in [-0.05, 0) is 30.5 Å². The van der Waals surface area contributed by atoms with Crippen LogP contribution in [0, 0.1) is 0 Å². The zero-order valence-corrected chi connectivity index (χ0v) is 17.1. The molecule has 1 heterocycles. The predicted octanol–water partition coefficient (Wildman–Crippen LogP) is 3.88. The van der Waals surface area contributed by atoms with E-state index < -0.39 is 0 Å². The van der Waals surface area contributed by atoms with E-state index in [-0.39, 0.29) is 29.4 Å². The molecule has 0 saturated heterocycles. The van der Waals surface area contributed by atoms with Gasteiger partial charge in [-0.2, -0.15) is 0 Å². The smallest absolute Gasteiger partial charge is 0.191 e. The van der Waals surface area contributed by atoms with Crippen LogP contribution >= 0.6 is 24.0 Å². The van der Waals surface area contributed by atoms with Crippen molar-refractivity contribution in [2.24, 2.45) is 4.99 Å². The van der Waals surface area contributed by atoms with E-state index in [2.05, 4.69) is 50.9 Å². The summed E-state index contributed by atoms with van der Waals surface area (Å²) in [5.41, 5.74) is 2.68. The number of nitrogens with one attached hydrogen (secondary N) is 2. The number of nitrogens with zero attached hydrogens (tertiary/aromatic N) is 2. The predicted molar refractivity (Wildman–Crippen MR) is 114 cm³/mol. The van der Waals surface area contributed by atoms with Gasteiger partial charge in [0.25, 0.3) is 0 Å². The molecule has 3 rings (SSSR count). The summed E-state index contributed by atoms with van der Waals surface area (Å²) in [4.78, 5) is 8.69. The van der Waals surface area contributed by atoms with Gasteiger partial charge in [0.05, 0.1) is 12.2 Å². The van der Waals surface area contributed by atoms with Crippen LogP contribution in [-0.4, -0.2) is 24.5 Å². The molecule has 0 bridgehead atoms. The van der Waals surface area contributed by atoms with Gasteiger partial charge in [-0.25, -0.2) is 0 Å². The summed E-state index contributed by atoms with van der Waals surface area (Å²) in [6, 6.07) is 16.8. The first-order chi connectivity index (χ1) is 11.8. The SMILES string of the molecule is CN=C(NCc1ccccn1)NCC1(c2ccccc2)CCCC1.I. The Balaban J connectivity index is 0.00000225. The second-order valence-electron chi connectivity index (χ2n) is 6.45. The summed E-state index contributed by atoms with van der Waals surface area (Å²) < 4.78 is 0. The molecule has 1 aliphatic carbocycles. The van der Waals surface area contributed by atoms with Gasteiger partial charge in [-0.15, -0.1) is 24.0 Å². The first kappa shape index (κ1) is 19.7. The number of aliphatic imine (C=N–C) groups is 1. The van der Waals surface area contributed by atoms with Gasteiger partial charge in [0.2, 0.25) is 0 Å². The minimum absolute atomic E-state index is 0. The van der Waals surface area contributed by atoms with Crippen molar-refractivity contribution in [3.8, 4) is 0 Å². The topological polar surface area (TPSA) is 49.3 Å². The third kappa shape index (κ3) is 5.17. The van der Waals surface area contributed by atoms with Gasteiger partial charge >= 0.3 is 0 Å². The highest BCUT2D eigenvalue weighted by Gasteiger charge is 2.35. The Morgan fingerprint density at radius 3 is 2.40 bits per heavy atom. The molecule has 5 heteroatoms. The zero-order chi connectivity index (χ0) is 16.7. The van der Waals surface area contributed by atoms with E-state index in [0.29, 0.717) is 6.54 Å². The lowest BCUT2D eigenvalue weighted by atomic mass is 9.79. The number of rotatable bonds is 5. The average Bonchev–Trinajstić information content (AvgIpc) is 3.14. The summed E-state index contributed by atoms with van der Waals surface area (Å²) in [5.74, 6) is 0.836. The summed E-state index contributed by atoms with van der Waals surface area (Å²) in [6.45, 7) is 1.59. The molecular formula is C20H27IN4. The highest BCUT2D eigenvalue weighted by atomic mass is 127. The third-order valence-corrected chi connectivity index (χ3v) is 4.93. The Bertz CT molecular complexity index is 652. The van der Waals surface area contributed by atoms with Crippen LogP contribution in [0.3, 0.4) is 0 Å². The minimum atomic E-state index is 0. The van der Waals surface area contributed by atoms with Crippen LogP contribution in [0.25, 0.3) is 0 Å². The normalized spacial score (nSPS) is 16.1. The largest absolute Gasteiger partial charge is 0.356 e. The van der Waals surface area contributed by atoms with Gasteiger partial charge < -0.3 is 10.6 Å². The van der Waals surface area contributed by atoms with Crippen molar-refractivity contribution in [2.75, 3.05) is 13.6 Å². The molecule has 2 aromatic rings. The molecule has 25 heavy (non-hydrogen) atoms. The zero-order valence-electron chi connectivity index (χ0n) is 14.7. The van der Waals surface area contributed by atoms with E-state index in [4.69, 9.17) is 0 Å². The maximum absolute atomic E-state index is 4.36. The Morgan fingerprint density at radius 2 is 1.76 bits per heavy atom. The number of hydrogen-bond donors (Lipinski definition) is 2. The molecule has 134 valence electrons. The van der Waals surface area contributed by atoms with Gasteiger partial charge in [-0.1, -0.05) is 49.2 Å². The lowest BCUT2D eigenvalue weighted by molar-refractivity contribution is 0.431. The third-order valence-electron chi connectivity index (χ3n) is 4.93. The fraction of sp³-hybridized carbons (Fsp3) is 0.400. The van der Waals surface area contributed by atoms with E-state index in [1.165, 1.54) is 31.2 Å². The maximum atomic E-state index is 4.36. The monoisotopic (exact) mass is 450 g/mol. The van der Waals surface area contributed by atoms with E-state index in [0.717, 1.165) is 18.2 Å². The van der Waals surface area contributed by atoms with Gasteiger partial charge in [0, 0.05) is 25.2 Å². The molecule has 1 aliphatic rings. The van der Waals surface area contributed by atoms with Gasteiger partial charge in [-0.3, -0.25) is 9.98 Å². The maximum Gasteiger partial charge on any atom is 0.191 e. The molecule has 1 aromatic carbocycles. The quantitative estimate of drug-likeness (QED) is 0.413.